The molecule has 0 heterocycles. The molecule has 2 aromatic rings. The number of hydrogen-bond acceptors (Lipinski definition) is 8. The van der Waals surface area contributed by atoms with Crippen molar-refractivity contribution in [2.45, 2.75) is 12.3 Å². The first-order chi connectivity index (χ1) is 13.3. The van der Waals surface area contributed by atoms with Crippen LogP contribution in [0, 0.1) is 20.2 Å². The Kier molecular flexibility index (Phi) is 6.99. The number of rotatable bonds is 8. The van der Waals surface area contributed by atoms with Crippen molar-refractivity contribution in [2.75, 3.05) is 12.5 Å². The molecule has 2 rings (SSSR count). The summed E-state index contributed by atoms with van der Waals surface area (Å²) >= 11 is 5.85. The number of nitrogens with zero attached hydrogens (tertiary/aromatic N) is 3. The van der Waals surface area contributed by atoms with Crippen molar-refractivity contribution in [2.24, 2.45) is 5.10 Å². The van der Waals surface area contributed by atoms with Crippen LogP contribution in [0.1, 0.15) is 17.9 Å². The van der Waals surface area contributed by atoms with Crippen LogP contribution < -0.4 is 5.43 Å². The molecule has 0 radical (unpaired) electrons. The van der Waals surface area contributed by atoms with Gasteiger partial charge in [0.05, 0.1) is 28.9 Å². The molecule has 0 aliphatic rings. The van der Waals surface area contributed by atoms with E-state index in [-0.39, 0.29) is 12.1 Å². The van der Waals surface area contributed by atoms with Crippen LogP contribution in [0.15, 0.2) is 47.6 Å². The number of nitro groups is 2. The quantitative estimate of drug-likeness (QED) is 0.303. The largest absolute Gasteiger partial charge is 0.469 e. The smallest absolute Gasteiger partial charge is 0.313 e. The van der Waals surface area contributed by atoms with Crippen molar-refractivity contribution >= 4 is 40.8 Å². The average Bonchev–Trinajstić information content (AvgIpc) is 2.68. The molecule has 1 N–H and O–H groups in total. The fourth-order valence-corrected chi connectivity index (χ4v) is 2.48. The van der Waals surface area contributed by atoms with Gasteiger partial charge in [-0.2, -0.15) is 5.10 Å². The third-order valence-corrected chi connectivity index (χ3v) is 4.02. The molecule has 1 unspecified atom stereocenters. The van der Waals surface area contributed by atoms with Crippen LogP contribution in [0.25, 0.3) is 0 Å². The molecule has 0 amide bonds. The number of carbonyl (C=O) groups excluding carboxylic acids is 1. The molecule has 0 bridgehead atoms. The van der Waals surface area contributed by atoms with E-state index in [0.717, 1.165) is 12.1 Å². The van der Waals surface area contributed by atoms with Gasteiger partial charge in [0.1, 0.15) is 5.69 Å². The highest BCUT2D eigenvalue weighted by molar-refractivity contribution is 6.30. The molecule has 0 fully saturated rings. The fraction of sp³-hybridized carbons (Fsp3) is 0.176. The molecule has 1 atom stereocenters. The standard InChI is InChI=1S/C17H15ClN4O6/c1-28-17(23)14(11-2-4-12(18)5-3-11)8-9-19-20-15-7-6-13(21(24)25)10-16(15)22(26)27/h2-7,9-10,14,20H,8H2,1H3/b19-9-. The lowest BCUT2D eigenvalue weighted by Crippen LogP contribution is -2.15. The summed E-state index contributed by atoms with van der Waals surface area (Å²) in [6.07, 6.45) is 1.52. The first kappa shape index (κ1) is 20.8. The molecule has 10 nitrogen and oxygen atoms in total. The number of nitrogens with one attached hydrogen (secondary N) is 1. The minimum atomic E-state index is -0.754. The van der Waals surface area contributed by atoms with E-state index in [0.29, 0.717) is 10.6 Å². The summed E-state index contributed by atoms with van der Waals surface area (Å²) in [5.74, 6) is -1.12. The number of nitro benzene ring substituents is 2. The Morgan fingerprint density at radius 3 is 2.46 bits per heavy atom. The third-order valence-electron chi connectivity index (χ3n) is 3.76. The summed E-state index contributed by atoms with van der Waals surface area (Å²) in [5.41, 5.74) is 2.22. The van der Waals surface area contributed by atoms with E-state index in [4.69, 9.17) is 16.3 Å². The molecule has 28 heavy (non-hydrogen) atoms. The zero-order valence-corrected chi connectivity index (χ0v) is 15.3. The predicted molar refractivity (Wildman–Crippen MR) is 103 cm³/mol. The van der Waals surface area contributed by atoms with Crippen LogP contribution in [0.5, 0.6) is 0 Å². The maximum absolute atomic E-state index is 12.0. The van der Waals surface area contributed by atoms with E-state index in [1.54, 1.807) is 24.3 Å². The van der Waals surface area contributed by atoms with Gasteiger partial charge < -0.3 is 4.74 Å². The van der Waals surface area contributed by atoms with Gasteiger partial charge in [0, 0.05) is 23.7 Å². The van der Waals surface area contributed by atoms with Gasteiger partial charge in [0.15, 0.2) is 0 Å². The summed E-state index contributed by atoms with van der Waals surface area (Å²) in [5, 5.41) is 26.2. The number of non-ortho nitro benzene ring substituents is 1. The average molecular weight is 407 g/mol. The molecule has 146 valence electrons. The topological polar surface area (TPSA) is 137 Å². The van der Waals surface area contributed by atoms with Gasteiger partial charge in [-0.1, -0.05) is 23.7 Å². The number of benzene rings is 2. The molecule has 0 aliphatic heterocycles. The number of ether oxygens (including phenoxy) is 1. The zero-order chi connectivity index (χ0) is 20.7. The molecule has 0 spiro atoms. The second-order valence-electron chi connectivity index (χ2n) is 5.50. The fourth-order valence-electron chi connectivity index (χ4n) is 2.36. The maximum atomic E-state index is 12.0. The Morgan fingerprint density at radius 1 is 1.21 bits per heavy atom. The molecular formula is C17H15ClN4O6. The minimum Gasteiger partial charge on any atom is -0.469 e. The Bertz CT molecular complexity index is 916. The summed E-state index contributed by atoms with van der Waals surface area (Å²) in [6, 6.07) is 9.80. The highest BCUT2D eigenvalue weighted by Crippen LogP contribution is 2.29. The van der Waals surface area contributed by atoms with Crippen LogP contribution in [0.3, 0.4) is 0 Å². The number of hydrazone groups is 1. The van der Waals surface area contributed by atoms with E-state index in [1.807, 2.05) is 0 Å². The lowest BCUT2D eigenvalue weighted by molar-refractivity contribution is -0.393. The molecule has 0 aromatic heterocycles. The molecule has 2 aromatic carbocycles. The Hall–Kier alpha value is -3.53. The van der Waals surface area contributed by atoms with Crippen LogP contribution >= 0.6 is 11.6 Å². The van der Waals surface area contributed by atoms with Gasteiger partial charge in [0.2, 0.25) is 0 Å². The first-order valence-corrected chi connectivity index (χ1v) is 8.25. The van der Waals surface area contributed by atoms with Crippen molar-refractivity contribution in [3.8, 4) is 0 Å². The Balaban J connectivity index is 2.14. The van der Waals surface area contributed by atoms with Gasteiger partial charge >= 0.3 is 11.7 Å². The predicted octanol–water partition coefficient (Wildman–Crippen LogP) is 3.90. The van der Waals surface area contributed by atoms with E-state index in [1.165, 1.54) is 19.4 Å². The number of esters is 1. The maximum Gasteiger partial charge on any atom is 0.313 e. The Morgan fingerprint density at radius 2 is 1.89 bits per heavy atom. The highest BCUT2D eigenvalue weighted by Gasteiger charge is 2.21. The number of anilines is 1. The Labute approximate surface area is 164 Å². The van der Waals surface area contributed by atoms with Gasteiger partial charge in [0.25, 0.3) is 5.69 Å². The summed E-state index contributed by atoms with van der Waals surface area (Å²) in [4.78, 5) is 32.4. The van der Waals surface area contributed by atoms with Crippen LogP contribution in [-0.4, -0.2) is 29.1 Å². The van der Waals surface area contributed by atoms with Crippen LogP contribution in [0.2, 0.25) is 5.02 Å². The van der Waals surface area contributed by atoms with Gasteiger partial charge in [-0.25, -0.2) is 0 Å². The van der Waals surface area contributed by atoms with Crippen molar-refractivity contribution in [1.29, 1.82) is 0 Å². The number of methoxy groups -OCH3 is 1. The van der Waals surface area contributed by atoms with Gasteiger partial charge in [-0.3, -0.25) is 30.4 Å². The van der Waals surface area contributed by atoms with Crippen molar-refractivity contribution in [3.05, 3.63) is 73.3 Å². The molecular weight excluding hydrogens is 392 g/mol. The zero-order valence-electron chi connectivity index (χ0n) is 14.6. The SMILES string of the molecule is COC(=O)C(C/C=N\Nc1ccc([N+](=O)[O-])cc1[N+](=O)[O-])c1ccc(Cl)cc1. The van der Waals surface area contributed by atoms with Gasteiger partial charge in [-0.15, -0.1) is 0 Å². The second kappa shape index (κ2) is 9.42. The number of hydrogen-bond donors (Lipinski definition) is 1. The number of carbonyl (C=O) groups is 1. The molecule has 0 saturated carbocycles. The second-order valence-corrected chi connectivity index (χ2v) is 5.94. The van der Waals surface area contributed by atoms with Crippen LogP contribution in [0.4, 0.5) is 17.1 Å². The summed E-state index contributed by atoms with van der Waals surface area (Å²) in [7, 11) is 1.26. The summed E-state index contributed by atoms with van der Waals surface area (Å²) < 4.78 is 4.79. The highest BCUT2D eigenvalue weighted by atomic mass is 35.5. The van der Waals surface area contributed by atoms with Crippen LogP contribution in [-0.2, 0) is 9.53 Å². The van der Waals surface area contributed by atoms with E-state index >= 15 is 0 Å². The lowest BCUT2D eigenvalue weighted by Gasteiger charge is -2.12. The molecule has 11 heteroatoms. The first-order valence-electron chi connectivity index (χ1n) is 7.87. The van der Waals surface area contributed by atoms with Crippen molar-refractivity contribution in [3.63, 3.8) is 0 Å². The van der Waals surface area contributed by atoms with E-state index in [9.17, 15) is 25.0 Å². The van der Waals surface area contributed by atoms with E-state index in [2.05, 4.69) is 10.5 Å². The monoisotopic (exact) mass is 406 g/mol. The normalized spacial score (nSPS) is 11.8. The van der Waals surface area contributed by atoms with E-state index < -0.39 is 33.1 Å². The summed E-state index contributed by atoms with van der Waals surface area (Å²) in [6.45, 7) is 0. The van der Waals surface area contributed by atoms with Crippen molar-refractivity contribution in [1.82, 2.24) is 0 Å². The molecule has 0 saturated heterocycles. The van der Waals surface area contributed by atoms with Crippen molar-refractivity contribution < 1.29 is 19.4 Å². The third kappa shape index (κ3) is 5.24. The minimum absolute atomic E-state index is 0.0204. The lowest BCUT2D eigenvalue weighted by atomic mass is 9.96. The van der Waals surface area contributed by atoms with Gasteiger partial charge in [-0.05, 0) is 23.8 Å². The number of halogens is 1. The molecule has 0 aliphatic carbocycles.